The number of nitrogens with zero attached hydrogens (tertiary/aromatic N) is 2. The van der Waals surface area contributed by atoms with E-state index in [2.05, 4.69) is 17.1 Å². The van der Waals surface area contributed by atoms with Gasteiger partial charge in [0.1, 0.15) is 0 Å². The molecule has 1 aliphatic rings. The predicted molar refractivity (Wildman–Crippen MR) is 111 cm³/mol. The van der Waals surface area contributed by atoms with Gasteiger partial charge in [0.15, 0.2) is 11.5 Å². The minimum atomic E-state index is -0.491. The first-order valence-corrected chi connectivity index (χ1v) is 9.49. The van der Waals surface area contributed by atoms with E-state index in [9.17, 15) is 14.9 Å². The van der Waals surface area contributed by atoms with E-state index in [0.29, 0.717) is 28.8 Å². The predicted octanol–water partition coefficient (Wildman–Crippen LogP) is 4.10. The molecule has 1 N–H and O–H groups in total. The summed E-state index contributed by atoms with van der Waals surface area (Å²) in [5.74, 6) is 1.25. The van der Waals surface area contributed by atoms with Gasteiger partial charge in [-0.05, 0) is 37.0 Å². The van der Waals surface area contributed by atoms with Crippen LogP contribution in [0.5, 0.6) is 11.5 Å². The van der Waals surface area contributed by atoms with Gasteiger partial charge in [-0.2, -0.15) is 0 Å². The second-order valence-corrected chi connectivity index (χ2v) is 7.15. The Kier molecular flexibility index (Phi) is 6.21. The summed E-state index contributed by atoms with van der Waals surface area (Å²) in [7, 11) is 3.05. The van der Waals surface area contributed by atoms with Crippen molar-refractivity contribution in [3.63, 3.8) is 0 Å². The molecule has 0 atom stereocenters. The van der Waals surface area contributed by atoms with Crippen molar-refractivity contribution in [1.29, 1.82) is 0 Å². The summed E-state index contributed by atoms with van der Waals surface area (Å²) in [6.45, 7) is 3.84. The molecule has 0 aliphatic carbocycles. The zero-order chi connectivity index (χ0) is 21.0. The Morgan fingerprint density at radius 2 is 1.79 bits per heavy atom. The normalized spacial score (nSPS) is 14.4. The molecule has 2 aromatic carbocycles. The van der Waals surface area contributed by atoms with Gasteiger partial charge in [-0.1, -0.05) is 6.92 Å². The maximum Gasteiger partial charge on any atom is 0.270 e. The van der Waals surface area contributed by atoms with Crippen molar-refractivity contribution in [2.24, 2.45) is 5.92 Å². The van der Waals surface area contributed by atoms with Crippen molar-refractivity contribution < 1.29 is 19.2 Å². The van der Waals surface area contributed by atoms with Gasteiger partial charge in [0.2, 0.25) is 0 Å². The maximum atomic E-state index is 13.0. The van der Waals surface area contributed by atoms with E-state index >= 15 is 0 Å². The van der Waals surface area contributed by atoms with Gasteiger partial charge in [-0.3, -0.25) is 14.9 Å². The first-order chi connectivity index (χ1) is 13.9. The highest BCUT2D eigenvalue weighted by Crippen LogP contribution is 2.32. The van der Waals surface area contributed by atoms with Crippen molar-refractivity contribution in [3.05, 3.63) is 52.1 Å². The summed E-state index contributed by atoms with van der Waals surface area (Å²) >= 11 is 0. The van der Waals surface area contributed by atoms with Gasteiger partial charge < -0.3 is 19.7 Å². The molecule has 8 nitrogen and oxygen atoms in total. The topological polar surface area (TPSA) is 93.9 Å². The molecule has 0 bridgehead atoms. The summed E-state index contributed by atoms with van der Waals surface area (Å²) in [5, 5.41) is 14.1. The van der Waals surface area contributed by atoms with E-state index in [4.69, 9.17) is 9.47 Å². The molecule has 0 radical (unpaired) electrons. The van der Waals surface area contributed by atoms with Gasteiger partial charge in [0, 0.05) is 37.0 Å². The number of nitro groups is 1. The third-order valence-corrected chi connectivity index (χ3v) is 5.20. The Labute approximate surface area is 169 Å². The third kappa shape index (κ3) is 4.59. The lowest BCUT2D eigenvalue weighted by Crippen LogP contribution is -2.34. The summed E-state index contributed by atoms with van der Waals surface area (Å²) in [6.07, 6.45) is 2.04. The molecule has 0 saturated carbocycles. The molecule has 1 amide bonds. The van der Waals surface area contributed by atoms with Crippen LogP contribution in [0.15, 0.2) is 36.4 Å². The number of hydrogen-bond acceptors (Lipinski definition) is 6. The molecule has 1 aliphatic heterocycles. The molecule has 0 spiro atoms. The molecule has 1 heterocycles. The van der Waals surface area contributed by atoms with Crippen LogP contribution in [0.25, 0.3) is 0 Å². The summed E-state index contributed by atoms with van der Waals surface area (Å²) < 4.78 is 10.5. The van der Waals surface area contributed by atoms with E-state index in [1.54, 1.807) is 24.3 Å². The molecule has 1 saturated heterocycles. The molecule has 0 unspecified atom stereocenters. The van der Waals surface area contributed by atoms with Crippen molar-refractivity contribution in [2.75, 3.05) is 37.5 Å². The first-order valence-electron chi connectivity index (χ1n) is 9.49. The van der Waals surface area contributed by atoms with Crippen LogP contribution < -0.4 is 19.7 Å². The number of piperidine rings is 1. The van der Waals surface area contributed by atoms with E-state index in [1.165, 1.54) is 26.4 Å². The molecular formula is C21H25N3O5. The number of nitrogens with one attached hydrogen (secondary N) is 1. The number of benzene rings is 2. The smallest absolute Gasteiger partial charge is 0.270 e. The SMILES string of the molecule is COc1ccc(NC(=O)c2cc([N+](=O)[O-])ccc2N2CCC(C)CC2)cc1OC. The largest absolute Gasteiger partial charge is 0.493 e. The van der Waals surface area contributed by atoms with E-state index in [-0.39, 0.29) is 11.3 Å². The number of anilines is 2. The maximum absolute atomic E-state index is 13.0. The first kappa shape index (κ1) is 20.4. The number of hydrogen-bond donors (Lipinski definition) is 1. The fourth-order valence-electron chi connectivity index (χ4n) is 3.46. The van der Waals surface area contributed by atoms with Crippen molar-refractivity contribution in [2.45, 2.75) is 19.8 Å². The monoisotopic (exact) mass is 399 g/mol. The van der Waals surface area contributed by atoms with Crippen molar-refractivity contribution >= 4 is 23.0 Å². The molecule has 3 rings (SSSR count). The minimum Gasteiger partial charge on any atom is -0.493 e. The lowest BCUT2D eigenvalue weighted by Gasteiger charge is -2.33. The Balaban J connectivity index is 1.91. The van der Waals surface area contributed by atoms with Crippen LogP contribution in [0.4, 0.5) is 17.1 Å². The summed E-state index contributed by atoms with van der Waals surface area (Å²) in [4.78, 5) is 25.9. The van der Waals surface area contributed by atoms with Crippen LogP contribution in [0, 0.1) is 16.0 Å². The molecule has 0 aromatic heterocycles. The number of rotatable bonds is 6. The Morgan fingerprint density at radius 3 is 2.41 bits per heavy atom. The fourth-order valence-corrected chi connectivity index (χ4v) is 3.46. The van der Waals surface area contributed by atoms with Gasteiger partial charge in [-0.25, -0.2) is 0 Å². The van der Waals surface area contributed by atoms with Gasteiger partial charge in [-0.15, -0.1) is 0 Å². The number of ether oxygens (including phenoxy) is 2. The standard InChI is InChI=1S/C21H25N3O5/c1-14-8-10-23(11-9-14)18-6-5-16(24(26)27)13-17(18)21(25)22-15-4-7-19(28-2)20(12-15)29-3/h4-7,12-14H,8-11H2,1-3H3,(H,22,25). The number of methoxy groups -OCH3 is 2. The van der Waals surface area contributed by atoms with E-state index < -0.39 is 10.8 Å². The van der Waals surface area contributed by atoms with Crippen LogP contribution in [-0.2, 0) is 0 Å². The quantitative estimate of drug-likeness (QED) is 0.581. The highest BCUT2D eigenvalue weighted by Gasteiger charge is 2.24. The van der Waals surface area contributed by atoms with Crippen LogP contribution in [-0.4, -0.2) is 38.1 Å². The number of amides is 1. The van der Waals surface area contributed by atoms with Crippen LogP contribution in [0.2, 0.25) is 0 Å². The Hall–Kier alpha value is -3.29. The van der Waals surface area contributed by atoms with Crippen LogP contribution >= 0.6 is 0 Å². The fraction of sp³-hybridized carbons (Fsp3) is 0.381. The lowest BCUT2D eigenvalue weighted by atomic mass is 9.98. The highest BCUT2D eigenvalue weighted by atomic mass is 16.6. The van der Waals surface area contributed by atoms with Gasteiger partial charge >= 0.3 is 0 Å². The Bertz CT molecular complexity index is 907. The second kappa shape index (κ2) is 8.81. The summed E-state index contributed by atoms with van der Waals surface area (Å²) in [5.41, 5.74) is 1.39. The van der Waals surface area contributed by atoms with E-state index in [0.717, 1.165) is 25.9 Å². The average Bonchev–Trinajstić information content (AvgIpc) is 2.73. The third-order valence-electron chi connectivity index (χ3n) is 5.20. The molecule has 8 heteroatoms. The van der Waals surface area contributed by atoms with Crippen molar-refractivity contribution in [3.8, 4) is 11.5 Å². The Morgan fingerprint density at radius 1 is 1.10 bits per heavy atom. The van der Waals surface area contributed by atoms with Crippen molar-refractivity contribution in [1.82, 2.24) is 0 Å². The second-order valence-electron chi connectivity index (χ2n) is 7.15. The summed E-state index contributed by atoms with van der Waals surface area (Å²) in [6, 6.07) is 9.48. The zero-order valence-electron chi connectivity index (χ0n) is 16.8. The highest BCUT2D eigenvalue weighted by molar-refractivity contribution is 6.08. The number of nitro benzene ring substituents is 1. The number of carbonyl (C=O) groups excluding carboxylic acids is 1. The van der Waals surface area contributed by atoms with Crippen LogP contribution in [0.3, 0.4) is 0 Å². The molecule has 29 heavy (non-hydrogen) atoms. The molecule has 154 valence electrons. The van der Waals surface area contributed by atoms with Gasteiger partial charge in [0.05, 0.1) is 30.4 Å². The minimum absolute atomic E-state index is 0.114. The zero-order valence-corrected chi connectivity index (χ0v) is 16.8. The average molecular weight is 399 g/mol. The number of carbonyl (C=O) groups is 1. The molecule has 1 fully saturated rings. The molecular weight excluding hydrogens is 374 g/mol. The van der Waals surface area contributed by atoms with E-state index in [1.807, 2.05) is 0 Å². The number of non-ortho nitro benzene ring substituents is 1. The van der Waals surface area contributed by atoms with Crippen LogP contribution in [0.1, 0.15) is 30.1 Å². The lowest BCUT2D eigenvalue weighted by molar-refractivity contribution is -0.384. The molecule has 2 aromatic rings. The van der Waals surface area contributed by atoms with Gasteiger partial charge in [0.25, 0.3) is 11.6 Å².